The van der Waals surface area contributed by atoms with Gasteiger partial charge in [0.2, 0.25) is 0 Å². The van der Waals surface area contributed by atoms with Crippen LogP contribution in [0.1, 0.15) is 31.0 Å². The molecule has 1 heterocycles. The number of hydrogen-bond donors (Lipinski definition) is 1. The van der Waals surface area contributed by atoms with E-state index in [2.05, 4.69) is 18.0 Å². The van der Waals surface area contributed by atoms with Gasteiger partial charge in [0.15, 0.2) is 0 Å². The highest BCUT2D eigenvalue weighted by atomic mass is 32.1. The molecule has 2 rings (SSSR count). The van der Waals surface area contributed by atoms with Gasteiger partial charge in [-0.15, -0.1) is 0 Å². The summed E-state index contributed by atoms with van der Waals surface area (Å²) in [6.07, 6.45) is 2.42. The number of nitrogens with zero attached hydrogens (tertiary/aromatic N) is 1. The van der Waals surface area contributed by atoms with E-state index in [4.69, 9.17) is 17.5 Å². The number of pyridine rings is 1. The molecule has 3 heteroatoms. The molecule has 0 aliphatic heterocycles. The minimum absolute atomic E-state index is 0.293. The molecule has 66 valence electrons. The average Bonchev–Trinajstić information content (AvgIpc) is 2.85. The molecule has 0 spiro atoms. The van der Waals surface area contributed by atoms with Gasteiger partial charge in [0, 0.05) is 11.1 Å². The molecular weight excluding hydrogens is 180 g/mol. The second-order valence-electron chi connectivity index (χ2n) is 3.79. The van der Waals surface area contributed by atoms with Crippen molar-refractivity contribution in [2.45, 2.75) is 25.2 Å². The first-order valence-corrected chi connectivity index (χ1v) is 4.70. The zero-order valence-corrected chi connectivity index (χ0v) is 8.24. The van der Waals surface area contributed by atoms with Gasteiger partial charge in [0.1, 0.15) is 10.7 Å². The zero-order valence-electron chi connectivity index (χ0n) is 7.42. The van der Waals surface area contributed by atoms with Crippen LogP contribution in [0, 0.1) is 16.0 Å². The summed E-state index contributed by atoms with van der Waals surface area (Å²) in [5.74, 6) is 0. The predicted molar refractivity (Wildman–Crippen MR) is 52.9 cm³/mol. The van der Waals surface area contributed by atoms with E-state index in [1.807, 2.05) is 6.07 Å². The van der Waals surface area contributed by atoms with Gasteiger partial charge in [0.25, 0.3) is 0 Å². The number of hydrogen-bond acceptors (Lipinski definition) is 2. The van der Waals surface area contributed by atoms with Crippen molar-refractivity contribution in [1.82, 2.24) is 4.98 Å². The Labute approximate surface area is 82.2 Å². The molecule has 1 saturated carbocycles. The van der Waals surface area contributed by atoms with Crippen molar-refractivity contribution >= 4 is 12.2 Å². The molecule has 0 radical (unpaired) electrons. The molecule has 0 aromatic carbocycles. The molecule has 0 unspecified atom stereocenters. The molecule has 1 fully saturated rings. The maximum absolute atomic E-state index is 8.69. The van der Waals surface area contributed by atoms with Gasteiger partial charge >= 0.3 is 0 Å². The third-order valence-electron chi connectivity index (χ3n) is 2.68. The van der Waals surface area contributed by atoms with Gasteiger partial charge < -0.3 is 4.98 Å². The lowest BCUT2D eigenvalue weighted by Gasteiger charge is -2.07. The zero-order chi connectivity index (χ0) is 9.47. The quantitative estimate of drug-likeness (QED) is 0.691. The predicted octanol–water partition coefficient (Wildman–Crippen LogP) is 2.67. The van der Waals surface area contributed by atoms with Crippen molar-refractivity contribution in [2.75, 3.05) is 0 Å². The summed E-state index contributed by atoms with van der Waals surface area (Å²) in [6, 6.07) is 5.84. The molecule has 0 saturated heterocycles. The summed E-state index contributed by atoms with van der Waals surface area (Å²) < 4.78 is 0.563. The Bertz CT molecular complexity index is 435. The van der Waals surface area contributed by atoms with Crippen LogP contribution in [-0.4, -0.2) is 4.98 Å². The van der Waals surface area contributed by atoms with E-state index in [9.17, 15) is 0 Å². The third kappa shape index (κ3) is 1.38. The highest BCUT2D eigenvalue weighted by Gasteiger charge is 2.39. The average molecular weight is 190 g/mol. The lowest BCUT2D eigenvalue weighted by Crippen LogP contribution is -2.03. The first kappa shape index (κ1) is 8.46. The van der Waals surface area contributed by atoms with Gasteiger partial charge in [0.05, 0.1) is 5.56 Å². The standard InChI is InChI=1S/C10H10N2S/c1-10(4-5-10)8-3-2-7(6-11)9(13)12-8/h2-3H,4-5H2,1H3,(H,12,13). The fourth-order valence-corrected chi connectivity index (χ4v) is 1.59. The molecule has 1 N–H and O–H groups in total. The van der Waals surface area contributed by atoms with E-state index in [0.29, 0.717) is 15.6 Å². The summed E-state index contributed by atoms with van der Waals surface area (Å²) in [6.45, 7) is 2.21. The lowest BCUT2D eigenvalue weighted by molar-refractivity contribution is 0.748. The molecule has 1 aromatic heterocycles. The first-order valence-electron chi connectivity index (χ1n) is 4.30. The minimum atomic E-state index is 0.293. The lowest BCUT2D eigenvalue weighted by atomic mass is 10.0. The van der Waals surface area contributed by atoms with Crippen molar-refractivity contribution in [1.29, 1.82) is 5.26 Å². The van der Waals surface area contributed by atoms with Gasteiger partial charge in [-0.1, -0.05) is 19.1 Å². The van der Waals surface area contributed by atoms with Crippen LogP contribution in [0.15, 0.2) is 12.1 Å². The van der Waals surface area contributed by atoms with E-state index in [1.54, 1.807) is 6.07 Å². The Hall–Kier alpha value is -1.14. The van der Waals surface area contributed by atoms with Crippen molar-refractivity contribution in [3.05, 3.63) is 28.0 Å². The van der Waals surface area contributed by atoms with Gasteiger partial charge in [-0.25, -0.2) is 0 Å². The molecule has 1 aliphatic rings. The first-order chi connectivity index (χ1) is 6.15. The van der Waals surface area contributed by atoms with Crippen molar-refractivity contribution in [3.8, 4) is 6.07 Å². The van der Waals surface area contributed by atoms with Gasteiger partial charge in [-0.3, -0.25) is 0 Å². The van der Waals surface area contributed by atoms with Crippen LogP contribution < -0.4 is 0 Å². The second kappa shape index (κ2) is 2.68. The molecular formula is C10H10N2S. The van der Waals surface area contributed by atoms with Crippen molar-refractivity contribution in [2.24, 2.45) is 0 Å². The molecule has 13 heavy (non-hydrogen) atoms. The summed E-state index contributed by atoms with van der Waals surface area (Å²) in [4.78, 5) is 3.12. The van der Waals surface area contributed by atoms with E-state index in [0.717, 1.165) is 5.69 Å². The third-order valence-corrected chi connectivity index (χ3v) is 3.00. The van der Waals surface area contributed by atoms with Crippen molar-refractivity contribution in [3.63, 3.8) is 0 Å². The summed E-state index contributed by atoms with van der Waals surface area (Å²) >= 11 is 5.06. The van der Waals surface area contributed by atoms with Crippen LogP contribution in [0.4, 0.5) is 0 Å². The van der Waals surface area contributed by atoms with E-state index in [1.165, 1.54) is 12.8 Å². The Balaban J connectivity index is 2.49. The number of aromatic nitrogens is 1. The molecule has 0 bridgehead atoms. The molecule has 1 aromatic rings. The van der Waals surface area contributed by atoms with E-state index < -0.39 is 0 Å². The van der Waals surface area contributed by atoms with Crippen LogP contribution in [-0.2, 0) is 5.41 Å². The van der Waals surface area contributed by atoms with Crippen LogP contribution in [0.25, 0.3) is 0 Å². The van der Waals surface area contributed by atoms with Gasteiger partial charge in [-0.05, 0) is 25.0 Å². The number of H-pyrrole nitrogens is 1. The minimum Gasteiger partial charge on any atom is -0.348 e. The van der Waals surface area contributed by atoms with Crippen LogP contribution >= 0.6 is 12.2 Å². The number of aromatic amines is 1. The largest absolute Gasteiger partial charge is 0.348 e. The summed E-state index contributed by atoms with van der Waals surface area (Å²) in [5, 5.41) is 8.69. The SMILES string of the molecule is CC1(c2ccc(C#N)c(=S)[nH]2)CC1. The van der Waals surface area contributed by atoms with E-state index >= 15 is 0 Å². The molecule has 2 nitrogen and oxygen atoms in total. The molecule has 0 atom stereocenters. The summed E-state index contributed by atoms with van der Waals surface area (Å²) in [7, 11) is 0. The maximum Gasteiger partial charge on any atom is 0.121 e. The highest BCUT2D eigenvalue weighted by molar-refractivity contribution is 7.71. The number of nitrogens with one attached hydrogen (secondary N) is 1. The van der Waals surface area contributed by atoms with E-state index in [-0.39, 0.29) is 0 Å². The summed E-state index contributed by atoms with van der Waals surface area (Å²) in [5.41, 5.74) is 2.01. The molecule has 0 amide bonds. The smallest absolute Gasteiger partial charge is 0.121 e. The van der Waals surface area contributed by atoms with Gasteiger partial charge in [-0.2, -0.15) is 5.26 Å². The Morgan fingerprint density at radius 2 is 2.23 bits per heavy atom. The van der Waals surface area contributed by atoms with Crippen LogP contribution in [0.3, 0.4) is 0 Å². The Kier molecular flexibility index (Phi) is 1.74. The molecule has 1 aliphatic carbocycles. The topological polar surface area (TPSA) is 39.6 Å². The number of nitriles is 1. The van der Waals surface area contributed by atoms with Crippen LogP contribution in [0.5, 0.6) is 0 Å². The Morgan fingerprint density at radius 1 is 1.54 bits per heavy atom. The highest BCUT2D eigenvalue weighted by Crippen LogP contribution is 2.46. The van der Waals surface area contributed by atoms with Crippen molar-refractivity contribution < 1.29 is 0 Å². The fraction of sp³-hybridized carbons (Fsp3) is 0.400. The second-order valence-corrected chi connectivity index (χ2v) is 4.20. The number of rotatable bonds is 1. The fourth-order valence-electron chi connectivity index (χ4n) is 1.37. The maximum atomic E-state index is 8.69. The van der Waals surface area contributed by atoms with Crippen LogP contribution in [0.2, 0.25) is 0 Å². The monoisotopic (exact) mass is 190 g/mol. The normalized spacial score (nSPS) is 17.8. The Morgan fingerprint density at radius 3 is 2.69 bits per heavy atom.